The topological polar surface area (TPSA) is 73.9 Å². The number of hydrogen-bond acceptors (Lipinski definition) is 6. The number of hydrogen-bond donors (Lipinski definition) is 0. The van der Waals surface area contributed by atoms with Crippen LogP contribution in [-0.2, 0) is 52.2 Å². The van der Waals surface area contributed by atoms with E-state index in [0.717, 1.165) is 99.4 Å². The number of rotatable bonds is 12. The summed E-state index contributed by atoms with van der Waals surface area (Å²) in [5.41, 5.74) is 14.7. The molecular weight excluding hydrogens is 1000 g/mol. The quantitative estimate of drug-likeness (QED) is 0.114. The summed E-state index contributed by atoms with van der Waals surface area (Å²) in [4.78, 5) is 18.1. The molecule has 67 heavy (non-hydrogen) atoms. The van der Waals surface area contributed by atoms with Crippen LogP contribution in [-0.4, -0.2) is 19.9 Å². The first kappa shape index (κ1) is 46.5. The molecule has 0 aliphatic carbocycles. The Morgan fingerprint density at radius 3 is 1.85 bits per heavy atom. The van der Waals surface area contributed by atoms with Crippen molar-refractivity contribution in [3.05, 3.63) is 228 Å². The van der Waals surface area contributed by atoms with Gasteiger partial charge in [-0.1, -0.05) is 91.4 Å². The van der Waals surface area contributed by atoms with Gasteiger partial charge in [-0.25, -0.2) is 4.98 Å². The van der Waals surface area contributed by atoms with Crippen LogP contribution < -0.4 is 4.74 Å². The van der Waals surface area contributed by atoms with Crippen molar-refractivity contribution in [3.8, 4) is 45.3 Å². The molecule has 5 heterocycles. The van der Waals surface area contributed by atoms with Gasteiger partial charge in [0.15, 0.2) is 0 Å². The van der Waals surface area contributed by atoms with Crippen LogP contribution in [0.15, 0.2) is 181 Å². The predicted molar refractivity (Wildman–Crippen MR) is 266 cm³/mol. The molecule has 0 fully saturated rings. The van der Waals surface area contributed by atoms with Crippen molar-refractivity contribution in [1.82, 2.24) is 19.9 Å². The van der Waals surface area contributed by atoms with Gasteiger partial charge in [0.2, 0.25) is 5.71 Å². The first-order valence-corrected chi connectivity index (χ1v) is 22.5. The van der Waals surface area contributed by atoms with Gasteiger partial charge in [0.05, 0.1) is 5.58 Å². The van der Waals surface area contributed by atoms with Gasteiger partial charge in [-0.3, -0.25) is 0 Å². The van der Waals surface area contributed by atoms with Gasteiger partial charge in [-0.15, -0.1) is 89.5 Å². The van der Waals surface area contributed by atoms with Gasteiger partial charge in [0.25, 0.3) is 0 Å². The SMILES string of the molecule is Cc1ccc2c(n1)oc1c(-c3cc(CC(C)(C)C)ccn3)[c-]ccc12.[Ir+3].[c-]1ccccc1-c1cc(CCc2cccc(Oc3cccc(CCc4cc[c-]c(-c5ccccn5)c4)c3)c2)ccn1. The minimum Gasteiger partial charge on any atom is -0.486 e. The Labute approximate surface area is 407 Å². The van der Waals surface area contributed by atoms with Gasteiger partial charge in [-0.2, -0.15) is 0 Å². The van der Waals surface area contributed by atoms with Crippen molar-refractivity contribution >= 4 is 22.1 Å². The fourth-order valence-corrected chi connectivity index (χ4v) is 8.15. The Balaban J connectivity index is 0.000000200. The molecule has 5 aromatic heterocycles. The van der Waals surface area contributed by atoms with Gasteiger partial charge >= 0.3 is 20.1 Å². The fraction of sp³-hybridized carbons (Fsp3) is 0.167. The fourth-order valence-electron chi connectivity index (χ4n) is 8.15. The molecule has 0 N–H and O–H groups in total. The third-order valence-electron chi connectivity index (χ3n) is 11.3. The Morgan fingerprint density at radius 1 is 0.507 bits per heavy atom. The van der Waals surface area contributed by atoms with E-state index >= 15 is 0 Å². The Hall–Kier alpha value is -7.05. The largest absolute Gasteiger partial charge is 3.00 e. The summed E-state index contributed by atoms with van der Waals surface area (Å²) in [5.74, 6) is 1.71. The minimum atomic E-state index is 0. The number of furan rings is 1. The third kappa shape index (κ3) is 12.2. The predicted octanol–water partition coefficient (Wildman–Crippen LogP) is 14.5. The van der Waals surface area contributed by atoms with Crippen molar-refractivity contribution in [3.63, 3.8) is 0 Å². The monoisotopic (exact) mass is 1050 g/mol. The van der Waals surface area contributed by atoms with Crippen LogP contribution in [0.5, 0.6) is 11.5 Å². The maximum absolute atomic E-state index is 6.29. The molecule has 10 aromatic rings. The molecule has 5 aromatic carbocycles. The number of benzene rings is 5. The smallest absolute Gasteiger partial charge is 0.486 e. The van der Waals surface area contributed by atoms with Crippen molar-refractivity contribution in [2.75, 3.05) is 0 Å². The molecule has 10 rings (SSSR count). The summed E-state index contributed by atoms with van der Waals surface area (Å²) in [6.07, 6.45) is 10.3. The van der Waals surface area contributed by atoms with E-state index < -0.39 is 0 Å². The number of pyridine rings is 4. The van der Waals surface area contributed by atoms with Crippen molar-refractivity contribution < 1.29 is 29.3 Å². The molecule has 0 atom stereocenters. The number of nitrogens with zero attached hydrogens (tertiary/aromatic N) is 4. The van der Waals surface area contributed by atoms with Crippen LogP contribution in [0, 0.1) is 30.5 Å². The van der Waals surface area contributed by atoms with E-state index in [2.05, 4.69) is 138 Å². The molecule has 0 unspecified atom stereocenters. The second-order valence-electron chi connectivity index (χ2n) is 17.8. The van der Waals surface area contributed by atoms with Crippen LogP contribution in [0.2, 0.25) is 0 Å². The molecule has 7 heteroatoms. The molecule has 6 nitrogen and oxygen atoms in total. The first-order valence-electron chi connectivity index (χ1n) is 22.5. The maximum Gasteiger partial charge on any atom is 3.00 e. The summed E-state index contributed by atoms with van der Waals surface area (Å²) in [7, 11) is 0. The molecule has 0 amide bonds. The van der Waals surface area contributed by atoms with Gasteiger partial charge in [-0.05, 0) is 127 Å². The molecule has 0 saturated carbocycles. The number of aryl methyl sites for hydroxylation is 5. The van der Waals surface area contributed by atoms with Crippen LogP contribution in [0.1, 0.15) is 54.3 Å². The average Bonchev–Trinajstić information content (AvgIpc) is 3.71. The van der Waals surface area contributed by atoms with Crippen LogP contribution in [0.4, 0.5) is 0 Å². The van der Waals surface area contributed by atoms with Crippen molar-refractivity contribution in [2.24, 2.45) is 5.41 Å². The van der Waals surface area contributed by atoms with E-state index in [0.29, 0.717) is 5.71 Å². The number of ether oxygens (including phenoxy) is 1. The van der Waals surface area contributed by atoms with Gasteiger partial charge < -0.3 is 24.1 Å². The summed E-state index contributed by atoms with van der Waals surface area (Å²) in [6, 6.07) is 63.4. The van der Waals surface area contributed by atoms with E-state index in [1.807, 2.05) is 104 Å². The summed E-state index contributed by atoms with van der Waals surface area (Å²) in [6.45, 7) is 8.70. The molecule has 0 aliphatic heterocycles. The first-order chi connectivity index (χ1) is 32.2. The number of fused-ring (bicyclic) bond motifs is 3. The van der Waals surface area contributed by atoms with Crippen LogP contribution >= 0.6 is 0 Å². The Morgan fingerprint density at radius 2 is 1.15 bits per heavy atom. The second-order valence-corrected chi connectivity index (χ2v) is 17.8. The minimum absolute atomic E-state index is 0. The van der Waals surface area contributed by atoms with Gasteiger partial charge in [0.1, 0.15) is 11.5 Å². The van der Waals surface area contributed by atoms with Crippen molar-refractivity contribution in [2.45, 2.75) is 59.8 Å². The van der Waals surface area contributed by atoms with Crippen LogP contribution in [0.3, 0.4) is 0 Å². The standard InChI is InChI=1S/C38H30N2O.C22H21N2O.Ir/c1-2-12-33(13-3-1)38-28-32(22-24-40-38)21-20-31-11-8-16-36(27-31)41-35-15-7-10-30(26-35)19-18-29-9-6-14-34(25-29)37-17-4-5-23-39-37;1-14-8-9-17-16-6-5-7-18(20(16)25-21(17)24-14)19-12-15(10-11-23-19)13-22(2,3)4;/h1-12,15-17,22-28H,18-21H2;5-6,8-12H,13H2,1-4H3;/q-2;-1;+3. The zero-order chi connectivity index (χ0) is 45.3. The zero-order valence-corrected chi connectivity index (χ0v) is 40.6. The Bertz CT molecular complexity index is 3090. The third-order valence-corrected chi connectivity index (χ3v) is 11.3. The summed E-state index contributed by atoms with van der Waals surface area (Å²) < 4.78 is 12.4. The summed E-state index contributed by atoms with van der Waals surface area (Å²) >= 11 is 0. The Kier molecular flexibility index (Phi) is 14.9. The van der Waals surface area contributed by atoms with E-state index in [1.54, 1.807) is 0 Å². The normalized spacial score (nSPS) is 11.2. The molecule has 0 radical (unpaired) electrons. The molecule has 0 aliphatic rings. The molecule has 332 valence electrons. The van der Waals surface area contributed by atoms with E-state index in [9.17, 15) is 0 Å². The second kappa shape index (κ2) is 21.5. The zero-order valence-electron chi connectivity index (χ0n) is 38.2. The van der Waals surface area contributed by atoms with Crippen LogP contribution in [0.25, 0.3) is 55.8 Å². The molecular formula is C60H51IrN4O2. The molecule has 0 saturated heterocycles. The van der Waals surface area contributed by atoms with Crippen molar-refractivity contribution in [1.29, 1.82) is 0 Å². The average molecular weight is 1050 g/mol. The van der Waals surface area contributed by atoms with E-state index in [4.69, 9.17) is 9.15 Å². The van der Waals surface area contributed by atoms with E-state index in [1.165, 1.54) is 27.8 Å². The van der Waals surface area contributed by atoms with E-state index in [-0.39, 0.29) is 25.5 Å². The molecule has 0 spiro atoms. The van der Waals surface area contributed by atoms with Gasteiger partial charge in [0, 0.05) is 29.7 Å². The number of aromatic nitrogens is 4. The summed E-state index contributed by atoms with van der Waals surface area (Å²) in [5, 5.41) is 2.08. The maximum atomic E-state index is 6.29. The molecule has 0 bridgehead atoms.